The van der Waals surface area contributed by atoms with Crippen LogP contribution < -0.4 is 14.9 Å². The first-order chi connectivity index (χ1) is 32.0. The van der Waals surface area contributed by atoms with Crippen molar-refractivity contribution in [3.05, 3.63) is 102 Å². The van der Waals surface area contributed by atoms with E-state index in [0.717, 1.165) is 98.7 Å². The standard InChI is InChI=1S/C49H64F5N5O6S3/c1-34(29-35(2)46(50)51)43-31-48(3,4)21-17-37(43)32-58-25-27-59(28-26-58)39-13-11-36(12-14-39)47(60)56-68(63,64)42-15-16-44(45(30-42)67(61,62)49(52,53)54)55-38(33-66-41-9-7-6-8-10-41)18-22-57-23-19-40(65-5)20-24-57/h6-16,30,35,38,40,46,55H,1,17-29,31-33H2,2-5H3,(H,56,60)/t35?,38-/m1/s1. The first-order valence-electron chi connectivity index (χ1n) is 23.0. The van der Waals surface area contributed by atoms with Crippen molar-refractivity contribution in [2.45, 2.75) is 104 Å². The minimum Gasteiger partial charge on any atom is -0.381 e. The summed E-state index contributed by atoms with van der Waals surface area (Å²) in [5, 5.41) is 3.00. The number of sulfonamides is 1. The van der Waals surface area contributed by atoms with E-state index in [-0.39, 0.29) is 23.5 Å². The van der Waals surface area contributed by atoms with Gasteiger partial charge in [-0.2, -0.15) is 13.2 Å². The van der Waals surface area contributed by atoms with E-state index < -0.39 is 65.1 Å². The van der Waals surface area contributed by atoms with Crippen molar-refractivity contribution in [1.82, 2.24) is 14.5 Å². The molecule has 3 aromatic rings. The fourth-order valence-electron chi connectivity index (χ4n) is 8.95. The largest absolute Gasteiger partial charge is 0.501 e. The lowest BCUT2D eigenvalue weighted by Crippen LogP contribution is -2.47. The number of benzene rings is 3. The number of nitrogens with one attached hydrogen (secondary N) is 2. The zero-order chi connectivity index (χ0) is 49.4. The summed E-state index contributed by atoms with van der Waals surface area (Å²) in [5.41, 5.74) is -2.20. The van der Waals surface area contributed by atoms with Crippen LogP contribution in [0.4, 0.5) is 33.3 Å². The van der Waals surface area contributed by atoms with Crippen molar-refractivity contribution in [2.24, 2.45) is 11.3 Å². The number of anilines is 2. The maximum atomic E-state index is 14.2. The molecule has 0 spiro atoms. The molecule has 1 unspecified atom stereocenters. The number of carbonyl (C=O) groups excluding carboxylic acids is 1. The van der Waals surface area contributed by atoms with Crippen molar-refractivity contribution in [3.63, 3.8) is 0 Å². The van der Waals surface area contributed by atoms with Gasteiger partial charge in [-0.1, -0.05) is 56.7 Å². The van der Waals surface area contributed by atoms with Crippen LogP contribution in [0.5, 0.6) is 0 Å². The lowest BCUT2D eigenvalue weighted by Gasteiger charge is -2.39. The van der Waals surface area contributed by atoms with Crippen LogP contribution in [0.1, 0.15) is 76.1 Å². The van der Waals surface area contributed by atoms with Gasteiger partial charge in [0, 0.05) is 93.3 Å². The van der Waals surface area contributed by atoms with E-state index in [1.54, 1.807) is 26.2 Å². The third-order valence-corrected chi connectivity index (χ3v) is 17.2. The molecule has 374 valence electrons. The van der Waals surface area contributed by atoms with E-state index in [1.807, 2.05) is 35.1 Å². The van der Waals surface area contributed by atoms with E-state index in [2.05, 4.69) is 40.4 Å². The summed E-state index contributed by atoms with van der Waals surface area (Å²) < 4.78 is 130. The number of rotatable bonds is 20. The summed E-state index contributed by atoms with van der Waals surface area (Å²) in [4.78, 5) is 18.8. The Morgan fingerprint density at radius 3 is 2.21 bits per heavy atom. The molecule has 0 aromatic heterocycles. The second kappa shape index (κ2) is 22.8. The topological polar surface area (TPSA) is 128 Å². The number of ether oxygens (including phenoxy) is 1. The number of hydrogen-bond acceptors (Lipinski definition) is 11. The molecule has 3 aliphatic rings. The number of thioether (sulfide) groups is 1. The Kier molecular flexibility index (Phi) is 17.9. The van der Waals surface area contributed by atoms with Crippen LogP contribution in [-0.2, 0) is 24.6 Å². The van der Waals surface area contributed by atoms with E-state index in [1.165, 1.54) is 29.5 Å². The number of halogens is 5. The third kappa shape index (κ3) is 14.1. The van der Waals surface area contributed by atoms with E-state index in [0.29, 0.717) is 37.9 Å². The monoisotopic (exact) mass is 1010 g/mol. The molecule has 68 heavy (non-hydrogen) atoms. The molecule has 1 amide bonds. The van der Waals surface area contributed by atoms with E-state index in [4.69, 9.17) is 4.74 Å². The van der Waals surface area contributed by atoms with E-state index in [9.17, 15) is 43.6 Å². The van der Waals surface area contributed by atoms with Crippen molar-refractivity contribution >= 4 is 48.9 Å². The Bertz CT molecular complexity index is 2460. The number of methoxy groups -OCH3 is 1. The molecule has 2 saturated heterocycles. The van der Waals surface area contributed by atoms with Crippen LogP contribution in [0.15, 0.2) is 111 Å². The van der Waals surface area contributed by atoms with Gasteiger partial charge in [0.05, 0.1) is 16.7 Å². The number of likely N-dealkylation sites (tertiary alicyclic amines) is 1. The number of piperazine rings is 1. The molecule has 0 bridgehead atoms. The first kappa shape index (κ1) is 53.3. The Balaban J connectivity index is 1.12. The molecule has 6 rings (SSSR count). The minimum atomic E-state index is -6.08. The zero-order valence-electron chi connectivity index (χ0n) is 39.2. The lowest BCUT2D eigenvalue weighted by atomic mass is 9.71. The highest BCUT2D eigenvalue weighted by molar-refractivity contribution is 7.99. The fraction of sp³-hybridized carbons (Fsp3) is 0.531. The summed E-state index contributed by atoms with van der Waals surface area (Å²) in [7, 11) is -9.28. The molecule has 19 heteroatoms. The van der Waals surface area contributed by atoms with Crippen molar-refractivity contribution in [3.8, 4) is 0 Å². The second-order valence-electron chi connectivity index (χ2n) is 18.9. The quantitative estimate of drug-likeness (QED) is 0.0830. The summed E-state index contributed by atoms with van der Waals surface area (Å²) in [6.07, 6.45) is 2.77. The summed E-state index contributed by atoms with van der Waals surface area (Å²) in [5.74, 6) is -1.47. The molecule has 2 fully saturated rings. The van der Waals surface area contributed by atoms with Crippen LogP contribution in [0.3, 0.4) is 0 Å². The number of alkyl halides is 5. The number of nitrogens with zero attached hydrogens (tertiary/aromatic N) is 3. The average Bonchev–Trinajstić information content (AvgIpc) is 3.30. The number of piperidine rings is 1. The normalized spacial score (nSPS) is 18.9. The smallest absolute Gasteiger partial charge is 0.381 e. The Hall–Kier alpha value is -4.01. The number of sulfone groups is 1. The van der Waals surface area contributed by atoms with Crippen LogP contribution >= 0.6 is 11.8 Å². The van der Waals surface area contributed by atoms with Gasteiger partial charge in [0.2, 0.25) is 6.43 Å². The van der Waals surface area contributed by atoms with E-state index >= 15 is 0 Å². The minimum absolute atomic E-state index is 0.0383. The van der Waals surface area contributed by atoms with Crippen LogP contribution in [0, 0.1) is 11.3 Å². The fourth-order valence-corrected chi connectivity index (χ4v) is 12.0. The van der Waals surface area contributed by atoms with Gasteiger partial charge in [-0.25, -0.2) is 30.3 Å². The number of amides is 1. The molecule has 2 N–H and O–H groups in total. The highest BCUT2D eigenvalue weighted by Gasteiger charge is 2.48. The van der Waals surface area contributed by atoms with Gasteiger partial charge in [0.1, 0.15) is 4.90 Å². The molecular weight excluding hydrogens is 946 g/mol. The van der Waals surface area contributed by atoms with Crippen LogP contribution in [0.25, 0.3) is 0 Å². The number of carbonyl (C=O) groups is 1. The van der Waals surface area contributed by atoms with Gasteiger partial charge in [-0.05, 0) is 111 Å². The molecule has 0 saturated carbocycles. The predicted octanol–water partition coefficient (Wildman–Crippen LogP) is 9.65. The number of hydrogen-bond donors (Lipinski definition) is 2. The zero-order valence-corrected chi connectivity index (χ0v) is 41.6. The first-order valence-corrected chi connectivity index (χ1v) is 27.0. The van der Waals surface area contributed by atoms with Gasteiger partial charge in [0.15, 0.2) is 0 Å². The molecular formula is C49H64F5N5O6S3. The molecule has 2 aliphatic heterocycles. The van der Waals surface area contributed by atoms with Gasteiger partial charge < -0.3 is 19.9 Å². The molecule has 1 aliphatic carbocycles. The van der Waals surface area contributed by atoms with Crippen LogP contribution in [0.2, 0.25) is 0 Å². The molecule has 0 radical (unpaired) electrons. The number of allylic oxidation sites excluding steroid dienone is 2. The molecule has 3 aromatic carbocycles. The summed E-state index contributed by atoms with van der Waals surface area (Å²) in [6.45, 7) is 15.8. The van der Waals surface area contributed by atoms with Gasteiger partial charge in [-0.3, -0.25) is 9.69 Å². The molecule has 2 heterocycles. The Morgan fingerprint density at radius 1 is 0.926 bits per heavy atom. The van der Waals surface area contributed by atoms with Crippen molar-refractivity contribution < 1.29 is 48.3 Å². The molecule has 2 atom stereocenters. The lowest BCUT2D eigenvalue weighted by molar-refractivity contribution is -0.0436. The van der Waals surface area contributed by atoms with Crippen LogP contribution in [-0.4, -0.2) is 122 Å². The van der Waals surface area contributed by atoms with Gasteiger partial charge >= 0.3 is 5.51 Å². The molecule has 11 nitrogen and oxygen atoms in total. The maximum Gasteiger partial charge on any atom is 0.501 e. The average molecular weight is 1010 g/mol. The highest BCUT2D eigenvalue weighted by atomic mass is 32.2. The van der Waals surface area contributed by atoms with Gasteiger partial charge in [-0.15, -0.1) is 11.8 Å². The SMILES string of the molecule is C=C(CC(C)C(F)F)C1=C(CN2CCN(c3ccc(C(=O)NS(=O)(=O)c4ccc(N[C@H](CCN5CCC(OC)CC5)CSc5ccccc5)c(S(=O)(=O)C(F)(F)F)c4)cc3)CC2)CCC(C)(C)C1. The van der Waals surface area contributed by atoms with Gasteiger partial charge in [0.25, 0.3) is 25.8 Å². The Morgan fingerprint density at radius 2 is 1.59 bits per heavy atom. The second-order valence-corrected chi connectivity index (χ2v) is 23.6. The summed E-state index contributed by atoms with van der Waals surface area (Å²) in [6, 6.07) is 17.5. The van der Waals surface area contributed by atoms with Crippen molar-refractivity contribution in [1.29, 1.82) is 0 Å². The maximum absolute atomic E-state index is 14.2. The predicted molar refractivity (Wildman–Crippen MR) is 259 cm³/mol. The summed E-state index contributed by atoms with van der Waals surface area (Å²) >= 11 is 1.45. The highest BCUT2D eigenvalue weighted by Crippen LogP contribution is 2.43. The van der Waals surface area contributed by atoms with Crippen molar-refractivity contribution in [2.75, 3.05) is 75.4 Å². The Labute approximate surface area is 402 Å². The third-order valence-electron chi connectivity index (χ3n) is 13.2.